The van der Waals surface area contributed by atoms with E-state index in [0.29, 0.717) is 25.4 Å². The van der Waals surface area contributed by atoms with Gasteiger partial charge >= 0.3 is 0 Å². The van der Waals surface area contributed by atoms with E-state index < -0.39 is 0 Å². The molecule has 6 heteroatoms. The largest absolute Gasteiger partial charge is 0.355 e. The van der Waals surface area contributed by atoms with Crippen LogP contribution in [0, 0.1) is 5.92 Å². The van der Waals surface area contributed by atoms with E-state index in [0.717, 1.165) is 45.7 Å². The van der Waals surface area contributed by atoms with Gasteiger partial charge in [0.05, 0.1) is 6.54 Å². The standard InChI is InChI=1S/C14H26N4O2/c1-2-16-13(19)11-17-5-7-18(8-6-17)14(20)9-12-3-4-15-10-12/h12,15H,2-11H2,1H3,(H,16,19). The zero-order valence-electron chi connectivity index (χ0n) is 12.4. The van der Waals surface area contributed by atoms with Gasteiger partial charge in [0.2, 0.25) is 11.8 Å². The molecule has 0 spiro atoms. The first-order chi connectivity index (χ1) is 9.69. The highest BCUT2D eigenvalue weighted by atomic mass is 16.2. The minimum Gasteiger partial charge on any atom is -0.355 e. The number of hydrogen-bond donors (Lipinski definition) is 2. The molecule has 0 aromatic heterocycles. The second-order valence-electron chi connectivity index (χ2n) is 5.67. The number of carbonyl (C=O) groups is 2. The molecule has 2 amide bonds. The molecule has 2 saturated heterocycles. The average Bonchev–Trinajstić information content (AvgIpc) is 2.92. The van der Waals surface area contributed by atoms with E-state index >= 15 is 0 Å². The van der Waals surface area contributed by atoms with Crippen molar-refractivity contribution in [1.82, 2.24) is 20.4 Å². The summed E-state index contributed by atoms with van der Waals surface area (Å²) >= 11 is 0. The van der Waals surface area contributed by atoms with Crippen LogP contribution in [0.4, 0.5) is 0 Å². The number of hydrogen-bond acceptors (Lipinski definition) is 4. The van der Waals surface area contributed by atoms with Crippen LogP contribution < -0.4 is 10.6 Å². The molecule has 2 heterocycles. The lowest BCUT2D eigenvalue weighted by molar-refractivity contribution is -0.134. The molecule has 0 bridgehead atoms. The molecule has 2 rings (SSSR count). The molecule has 0 radical (unpaired) electrons. The zero-order valence-corrected chi connectivity index (χ0v) is 12.4. The fourth-order valence-corrected chi connectivity index (χ4v) is 2.88. The normalized spacial score (nSPS) is 23.9. The third-order valence-electron chi connectivity index (χ3n) is 4.09. The second kappa shape index (κ2) is 7.59. The van der Waals surface area contributed by atoms with Gasteiger partial charge in [-0.3, -0.25) is 14.5 Å². The molecule has 2 fully saturated rings. The molecule has 0 saturated carbocycles. The van der Waals surface area contributed by atoms with Crippen molar-refractivity contribution in [2.75, 3.05) is 52.4 Å². The molecule has 2 aliphatic heterocycles. The Hall–Kier alpha value is -1.14. The summed E-state index contributed by atoms with van der Waals surface area (Å²) in [5.74, 6) is 0.858. The van der Waals surface area contributed by atoms with E-state index in [1.54, 1.807) is 0 Å². The van der Waals surface area contributed by atoms with Gasteiger partial charge in [-0.2, -0.15) is 0 Å². The van der Waals surface area contributed by atoms with Crippen LogP contribution in [0.1, 0.15) is 19.8 Å². The summed E-state index contributed by atoms with van der Waals surface area (Å²) in [6, 6.07) is 0. The van der Waals surface area contributed by atoms with E-state index in [4.69, 9.17) is 0 Å². The summed E-state index contributed by atoms with van der Waals surface area (Å²) in [6.45, 7) is 8.15. The van der Waals surface area contributed by atoms with Gasteiger partial charge in [0.25, 0.3) is 0 Å². The van der Waals surface area contributed by atoms with E-state index in [9.17, 15) is 9.59 Å². The topological polar surface area (TPSA) is 64.7 Å². The van der Waals surface area contributed by atoms with E-state index in [1.807, 2.05) is 11.8 Å². The average molecular weight is 282 g/mol. The van der Waals surface area contributed by atoms with Crippen LogP contribution in [-0.2, 0) is 9.59 Å². The summed E-state index contributed by atoms with van der Waals surface area (Å²) in [6.07, 6.45) is 1.78. The Morgan fingerprint density at radius 1 is 1.25 bits per heavy atom. The first-order valence-corrected chi connectivity index (χ1v) is 7.66. The van der Waals surface area contributed by atoms with Crippen LogP contribution >= 0.6 is 0 Å². The van der Waals surface area contributed by atoms with E-state index in [2.05, 4.69) is 15.5 Å². The van der Waals surface area contributed by atoms with Gasteiger partial charge in [-0.1, -0.05) is 0 Å². The Bertz CT molecular complexity index is 334. The summed E-state index contributed by atoms with van der Waals surface area (Å²) in [5.41, 5.74) is 0. The van der Waals surface area contributed by atoms with Crippen molar-refractivity contribution in [1.29, 1.82) is 0 Å². The maximum Gasteiger partial charge on any atom is 0.234 e. The number of rotatable bonds is 5. The fraction of sp³-hybridized carbons (Fsp3) is 0.857. The Balaban J connectivity index is 1.67. The van der Waals surface area contributed by atoms with Gasteiger partial charge in [0.1, 0.15) is 0 Å². The van der Waals surface area contributed by atoms with Crippen LogP contribution in [-0.4, -0.2) is 74.0 Å². The van der Waals surface area contributed by atoms with Gasteiger partial charge in [-0.05, 0) is 32.4 Å². The highest BCUT2D eigenvalue weighted by Gasteiger charge is 2.25. The monoisotopic (exact) mass is 282 g/mol. The quantitative estimate of drug-likeness (QED) is 0.697. The third kappa shape index (κ3) is 4.45. The van der Waals surface area contributed by atoms with E-state index in [1.165, 1.54) is 0 Å². The highest BCUT2D eigenvalue weighted by molar-refractivity contribution is 5.78. The second-order valence-corrected chi connectivity index (χ2v) is 5.67. The summed E-state index contributed by atoms with van der Waals surface area (Å²) < 4.78 is 0. The maximum absolute atomic E-state index is 12.2. The number of nitrogens with zero attached hydrogens (tertiary/aromatic N) is 2. The Kier molecular flexibility index (Phi) is 5.79. The summed E-state index contributed by atoms with van der Waals surface area (Å²) in [7, 11) is 0. The smallest absolute Gasteiger partial charge is 0.234 e. The molecule has 0 aliphatic carbocycles. The summed E-state index contributed by atoms with van der Waals surface area (Å²) in [5, 5.41) is 6.10. The molecular formula is C14H26N4O2. The lowest BCUT2D eigenvalue weighted by atomic mass is 10.0. The van der Waals surface area contributed by atoms with Crippen molar-refractivity contribution in [3.05, 3.63) is 0 Å². The molecule has 1 atom stereocenters. The van der Waals surface area contributed by atoms with Crippen LogP contribution in [0.25, 0.3) is 0 Å². The lowest BCUT2D eigenvalue weighted by Crippen LogP contribution is -2.51. The molecule has 20 heavy (non-hydrogen) atoms. The third-order valence-corrected chi connectivity index (χ3v) is 4.09. The first-order valence-electron chi connectivity index (χ1n) is 7.66. The van der Waals surface area contributed by atoms with Gasteiger partial charge in [-0.25, -0.2) is 0 Å². The van der Waals surface area contributed by atoms with Crippen molar-refractivity contribution in [2.45, 2.75) is 19.8 Å². The molecular weight excluding hydrogens is 256 g/mol. The fourth-order valence-electron chi connectivity index (χ4n) is 2.88. The number of likely N-dealkylation sites (N-methyl/N-ethyl adjacent to an activating group) is 1. The molecule has 0 aromatic carbocycles. The Morgan fingerprint density at radius 2 is 2.00 bits per heavy atom. The van der Waals surface area contributed by atoms with E-state index in [-0.39, 0.29) is 11.8 Å². The molecule has 6 nitrogen and oxygen atoms in total. The highest BCUT2D eigenvalue weighted by Crippen LogP contribution is 2.14. The first kappa shape index (κ1) is 15.3. The van der Waals surface area contributed by atoms with Crippen molar-refractivity contribution in [3.63, 3.8) is 0 Å². The number of piperazine rings is 1. The SMILES string of the molecule is CCNC(=O)CN1CCN(C(=O)CC2CCNC2)CC1. The van der Waals surface area contributed by atoms with Crippen molar-refractivity contribution < 1.29 is 9.59 Å². The summed E-state index contributed by atoms with van der Waals surface area (Å²) in [4.78, 5) is 27.8. The minimum absolute atomic E-state index is 0.0734. The minimum atomic E-state index is 0.0734. The number of amides is 2. The lowest BCUT2D eigenvalue weighted by Gasteiger charge is -2.34. The molecule has 1 unspecified atom stereocenters. The predicted octanol–water partition coefficient (Wildman–Crippen LogP) is -0.734. The van der Waals surface area contributed by atoms with Gasteiger partial charge in [-0.15, -0.1) is 0 Å². The van der Waals surface area contributed by atoms with Gasteiger partial charge in [0.15, 0.2) is 0 Å². The predicted molar refractivity (Wildman–Crippen MR) is 77.3 cm³/mol. The molecule has 114 valence electrons. The van der Waals surface area contributed by atoms with Gasteiger partial charge in [0, 0.05) is 39.1 Å². The maximum atomic E-state index is 12.2. The van der Waals surface area contributed by atoms with Crippen LogP contribution in [0.2, 0.25) is 0 Å². The van der Waals surface area contributed by atoms with Crippen LogP contribution in [0.15, 0.2) is 0 Å². The Labute approximate surface area is 120 Å². The molecule has 0 aromatic rings. The van der Waals surface area contributed by atoms with Crippen LogP contribution in [0.3, 0.4) is 0 Å². The van der Waals surface area contributed by atoms with Crippen LogP contribution in [0.5, 0.6) is 0 Å². The Morgan fingerprint density at radius 3 is 2.60 bits per heavy atom. The van der Waals surface area contributed by atoms with Crippen molar-refractivity contribution >= 4 is 11.8 Å². The van der Waals surface area contributed by atoms with Gasteiger partial charge < -0.3 is 15.5 Å². The van der Waals surface area contributed by atoms with Crippen molar-refractivity contribution in [2.24, 2.45) is 5.92 Å². The number of carbonyl (C=O) groups excluding carboxylic acids is 2. The molecule has 2 N–H and O–H groups in total. The zero-order chi connectivity index (χ0) is 14.4. The molecule has 2 aliphatic rings. The number of nitrogens with one attached hydrogen (secondary N) is 2. The van der Waals surface area contributed by atoms with Crippen molar-refractivity contribution in [3.8, 4) is 0 Å².